The van der Waals surface area contributed by atoms with Crippen LogP contribution in [-0.4, -0.2) is 42.5 Å². The van der Waals surface area contributed by atoms with Crippen LogP contribution in [0.25, 0.3) is 10.9 Å². The van der Waals surface area contributed by atoms with Gasteiger partial charge >= 0.3 is 5.97 Å². The maximum atomic E-state index is 13.2. The number of pyridine rings is 1. The molecule has 4 rings (SSSR count). The van der Waals surface area contributed by atoms with Crippen molar-refractivity contribution in [2.45, 2.75) is 25.9 Å². The summed E-state index contributed by atoms with van der Waals surface area (Å²) in [4.78, 5) is 46.1. The van der Waals surface area contributed by atoms with Crippen LogP contribution in [0.4, 0.5) is 0 Å². The molecular weight excluding hydrogens is 348 g/mol. The first-order chi connectivity index (χ1) is 12.9. The van der Waals surface area contributed by atoms with E-state index in [0.29, 0.717) is 22.3 Å². The zero-order valence-corrected chi connectivity index (χ0v) is 14.9. The Kier molecular flexibility index (Phi) is 3.83. The van der Waals surface area contributed by atoms with Gasteiger partial charge in [-0.2, -0.15) is 0 Å². The standard InChI is InChI=1S/C19H18N4O4/c1-10-3-4-15-11(5-10)17(24)12(7-22(15)2)18(25)23-8-14-13(20-9-21-14)6-16(23)19(26)27/h3-5,7,9,16H,6,8H2,1-2H3,(H,20,21)(H,26,27)/t16-/m0/s1. The molecule has 2 aromatic heterocycles. The number of hydrogen-bond acceptors (Lipinski definition) is 4. The number of carbonyl (C=O) groups excluding carboxylic acids is 1. The number of H-pyrrole nitrogens is 1. The summed E-state index contributed by atoms with van der Waals surface area (Å²) in [5, 5.41) is 10.0. The summed E-state index contributed by atoms with van der Waals surface area (Å²) in [5.74, 6) is -1.71. The molecule has 8 heteroatoms. The number of aliphatic carboxylic acids is 1. The minimum atomic E-state index is -1.12. The van der Waals surface area contributed by atoms with Crippen LogP contribution < -0.4 is 5.43 Å². The summed E-state index contributed by atoms with van der Waals surface area (Å²) in [6.07, 6.45) is 3.06. The van der Waals surface area contributed by atoms with E-state index in [-0.39, 0.29) is 18.5 Å². The Hall–Kier alpha value is -3.42. The molecule has 0 aliphatic carbocycles. The number of nitrogens with zero attached hydrogens (tertiary/aromatic N) is 3. The van der Waals surface area contributed by atoms with Crippen molar-refractivity contribution < 1.29 is 14.7 Å². The first kappa shape index (κ1) is 17.0. The number of amides is 1. The Morgan fingerprint density at radius 1 is 1.33 bits per heavy atom. The normalized spacial score (nSPS) is 16.4. The van der Waals surface area contributed by atoms with Crippen molar-refractivity contribution in [2.75, 3.05) is 0 Å². The van der Waals surface area contributed by atoms with Gasteiger partial charge in [-0.1, -0.05) is 11.6 Å². The van der Waals surface area contributed by atoms with Crippen molar-refractivity contribution in [3.05, 3.63) is 63.5 Å². The van der Waals surface area contributed by atoms with E-state index in [2.05, 4.69) is 9.97 Å². The van der Waals surface area contributed by atoms with Gasteiger partial charge in [-0.15, -0.1) is 0 Å². The Bertz CT molecular complexity index is 1140. The second-order valence-electron chi connectivity index (χ2n) is 6.82. The highest BCUT2D eigenvalue weighted by atomic mass is 16.4. The smallest absolute Gasteiger partial charge is 0.326 e. The van der Waals surface area contributed by atoms with Gasteiger partial charge in [-0.25, -0.2) is 9.78 Å². The lowest BCUT2D eigenvalue weighted by Gasteiger charge is -2.32. The summed E-state index contributed by atoms with van der Waals surface area (Å²) in [6, 6.07) is 4.41. The molecule has 0 saturated carbocycles. The number of carboxylic acids is 1. The van der Waals surface area contributed by atoms with E-state index in [1.807, 2.05) is 19.1 Å². The average Bonchev–Trinajstić information content (AvgIpc) is 3.10. The molecule has 0 unspecified atom stereocenters. The van der Waals surface area contributed by atoms with Crippen molar-refractivity contribution in [2.24, 2.45) is 7.05 Å². The number of aromatic nitrogens is 3. The van der Waals surface area contributed by atoms with Gasteiger partial charge in [-0.05, 0) is 19.1 Å². The molecule has 0 spiro atoms. The van der Waals surface area contributed by atoms with Gasteiger partial charge in [0, 0.05) is 25.1 Å². The SMILES string of the molecule is Cc1ccc2c(c1)c(=O)c(C(=O)N1Cc3[nH]cnc3C[C@H]1C(=O)O)cn2C. The third-order valence-electron chi connectivity index (χ3n) is 5.02. The van der Waals surface area contributed by atoms with E-state index in [1.165, 1.54) is 17.4 Å². The Morgan fingerprint density at radius 3 is 2.85 bits per heavy atom. The monoisotopic (exact) mass is 366 g/mol. The van der Waals surface area contributed by atoms with E-state index in [0.717, 1.165) is 5.56 Å². The van der Waals surface area contributed by atoms with Crippen molar-refractivity contribution >= 4 is 22.8 Å². The van der Waals surface area contributed by atoms with Crippen LogP contribution in [0, 0.1) is 6.92 Å². The first-order valence-corrected chi connectivity index (χ1v) is 8.51. The van der Waals surface area contributed by atoms with Gasteiger partial charge in [0.05, 0.1) is 29.8 Å². The molecule has 0 saturated heterocycles. The van der Waals surface area contributed by atoms with Gasteiger partial charge in [0.1, 0.15) is 11.6 Å². The van der Waals surface area contributed by atoms with Gasteiger partial charge < -0.3 is 19.6 Å². The number of imidazole rings is 1. The number of benzene rings is 1. The lowest BCUT2D eigenvalue weighted by atomic mass is 10.0. The van der Waals surface area contributed by atoms with Crippen LogP contribution in [0.5, 0.6) is 0 Å². The van der Waals surface area contributed by atoms with Crippen LogP contribution >= 0.6 is 0 Å². The Balaban J connectivity index is 1.83. The molecule has 27 heavy (non-hydrogen) atoms. The number of nitrogens with one attached hydrogen (secondary N) is 1. The van der Waals surface area contributed by atoms with E-state index < -0.39 is 23.3 Å². The summed E-state index contributed by atoms with van der Waals surface area (Å²) >= 11 is 0. The fourth-order valence-electron chi connectivity index (χ4n) is 3.58. The Labute approximate surface area is 154 Å². The minimum absolute atomic E-state index is 0.0372. The van der Waals surface area contributed by atoms with E-state index in [1.54, 1.807) is 17.7 Å². The second-order valence-corrected chi connectivity index (χ2v) is 6.82. The van der Waals surface area contributed by atoms with Crippen LogP contribution in [0.15, 0.2) is 35.5 Å². The number of rotatable bonds is 2. The maximum Gasteiger partial charge on any atom is 0.326 e. The highest BCUT2D eigenvalue weighted by Gasteiger charge is 2.37. The van der Waals surface area contributed by atoms with Crippen molar-refractivity contribution in [3.63, 3.8) is 0 Å². The average molecular weight is 366 g/mol. The predicted molar refractivity (Wildman–Crippen MR) is 97.5 cm³/mol. The topological polar surface area (TPSA) is 108 Å². The Morgan fingerprint density at radius 2 is 2.11 bits per heavy atom. The molecule has 0 fully saturated rings. The molecule has 1 atom stereocenters. The molecule has 8 nitrogen and oxygen atoms in total. The number of hydrogen-bond donors (Lipinski definition) is 2. The molecule has 1 aromatic carbocycles. The number of carboxylic acid groups (broad SMARTS) is 1. The molecule has 1 aliphatic heterocycles. The van der Waals surface area contributed by atoms with Gasteiger partial charge in [0.2, 0.25) is 5.43 Å². The predicted octanol–water partition coefficient (Wildman–Crippen LogP) is 1.22. The van der Waals surface area contributed by atoms with Crippen LogP contribution in [0.1, 0.15) is 27.3 Å². The number of carbonyl (C=O) groups is 2. The number of aryl methyl sites for hydroxylation is 2. The quantitative estimate of drug-likeness (QED) is 0.709. The molecule has 1 amide bonds. The van der Waals surface area contributed by atoms with Gasteiger partial charge in [-0.3, -0.25) is 9.59 Å². The number of aromatic amines is 1. The van der Waals surface area contributed by atoms with Crippen molar-refractivity contribution in [1.29, 1.82) is 0 Å². The fraction of sp³-hybridized carbons (Fsp3) is 0.263. The molecule has 138 valence electrons. The highest BCUT2D eigenvalue weighted by Crippen LogP contribution is 2.23. The summed E-state index contributed by atoms with van der Waals surface area (Å²) in [6.45, 7) is 1.94. The van der Waals surface area contributed by atoms with E-state index in [4.69, 9.17) is 0 Å². The molecule has 3 heterocycles. The van der Waals surface area contributed by atoms with E-state index in [9.17, 15) is 19.5 Å². The van der Waals surface area contributed by atoms with Gasteiger partial charge in [0.25, 0.3) is 5.91 Å². The van der Waals surface area contributed by atoms with Crippen molar-refractivity contribution in [1.82, 2.24) is 19.4 Å². The highest BCUT2D eigenvalue weighted by molar-refractivity contribution is 5.99. The second kappa shape index (κ2) is 6.08. The molecular formula is C19H18N4O4. The van der Waals surface area contributed by atoms with Crippen molar-refractivity contribution in [3.8, 4) is 0 Å². The van der Waals surface area contributed by atoms with E-state index >= 15 is 0 Å². The first-order valence-electron chi connectivity index (χ1n) is 8.51. The molecule has 2 N–H and O–H groups in total. The lowest BCUT2D eigenvalue weighted by Crippen LogP contribution is -2.49. The fourth-order valence-corrected chi connectivity index (χ4v) is 3.58. The molecule has 0 radical (unpaired) electrons. The van der Waals surface area contributed by atoms with Crippen LogP contribution in [0.2, 0.25) is 0 Å². The van der Waals surface area contributed by atoms with Crippen LogP contribution in [-0.2, 0) is 24.8 Å². The van der Waals surface area contributed by atoms with Crippen LogP contribution in [0.3, 0.4) is 0 Å². The summed E-state index contributed by atoms with van der Waals surface area (Å²) < 4.78 is 1.71. The molecule has 0 bridgehead atoms. The number of fused-ring (bicyclic) bond motifs is 2. The molecule has 3 aromatic rings. The third-order valence-corrected chi connectivity index (χ3v) is 5.02. The minimum Gasteiger partial charge on any atom is -0.480 e. The third kappa shape index (κ3) is 2.69. The largest absolute Gasteiger partial charge is 0.480 e. The maximum absolute atomic E-state index is 13.2. The van der Waals surface area contributed by atoms with Gasteiger partial charge in [0.15, 0.2) is 0 Å². The zero-order chi connectivity index (χ0) is 19.3. The summed E-state index contributed by atoms with van der Waals surface area (Å²) in [5.41, 5.74) is 2.52. The summed E-state index contributed by atoms with van der Waals surface area (Å²) in [7, 11) is 1.76. The molecule has 1 aliphatic rings. The lowest BCUT2D eigenvalue weighted by molar-refractivity contribution is -0.142. The zero-order valence-electron chi connectivity index (χ0n) is 14.9.